The Morgan fingerprint density at radius 1 is 1.39 bits per heavy atom. The minimum Gasteiger partial charge on any atom is -0.347 e. The van der Waals surface area contributed by atoms with Crippen LogP contribution in [0.4, 0.5) is 13.2 Å². The fourth-order valence-electron chi connectivity index (χ4n) is 2.10. The van der Waals surface area contributed by atoms with Crippen LogP contribution in [0.3, 0.4) is 0 Å². The number of nitrogens with one attached hydrogen (secondary N) is 1. The first-order valence-corrected chi connectivity index (χ1v) is 7.00. The molecule has 0 fully saturated rings. The second-order valence-electron chi connectivity index (χ2n) is 4.94. The Morgan fingerprint density at radius 3 is 2.70 bits per heavy atom. The minimum absolute atomic E-state index is 0.0824. The second kappa shape index (κ2) is 6.76. The quantitative estimate of drug-likeness (QED) is 0.914. The summed E-state index contributed by atoms with van der Waals surface area (Å²) in [6, 6.07) is 2.02. The van der Waals surface area contributed by atoms with Crippen molar-refractivity contribution in [3.05, 3.63) is 41.7 Å². The number of hydrogen-bond acceptors (Lipinski definition) is 4. The van der Waals surface area contributed by atoms with E-state index in [2.05, 4.69) is 20.4 Å². The van der Waals surface area contributed by atoms with Crippen LogP contribution in [-0.4, -0.2) is 25.7 Å². The lowest BCUT2D eigenvalue weighted by Gasteiger charge is -2.15. The van der Waals surface area contributed by atoms with E-state index < -0.39 is 17.9 Å². The van der Waals surface area contributed by atoms with Crippen molar-refractivity contribution in [3.8, 4) is 0 Å². The van der Waals surface area contributed by atoms with Crippen molar-refractivity contribution in [2.75, 3.05) is 0 Å². The molecule has 2 heterocycles. The molecule has 0 saturated heterocycles. The predicted molar refractivity (Wildman–Crippen MR) is 75.2 cm³/mol. The van der Waals surface area contributed by atoms with E-state index in [9.17, 15) is 18.0 Å². The van der Waals surface area contributed by atoms with Gasteiger partial charge in [0.2, 0.25) is 5.91 Å². The van der Waals surface area contributed by atoms with Crippen LogP contribution in [-0.2, 0) is 17.5 Å². The number of rotatable bonds is 5. The third-order valence-corrected chi connectivity index (χ3v) is 3.15. The predicted octanol–water partition coefficient (Wildman–Crippen LogP) is 2.27. The molecule has 2 rings (SSSR count). The van der Waals surface area contributed by atoms with Crippen LogP contribution in [0.2, 0.25) is 0 Å². The summed E-state index contributed by atoms with van der Waals surface area (Å²) in [6.07, 6.45) is -0.850. The lowest BCUT2D eigenvalue weighted by atomic mass is 10.2. The summed E-state index contributed by atoms with van der Waals surface area (Å²) < 4.78 is 39.7. The molecule has 0 aromatic carbocycles. The van der Waals surface area contributed by atoms with Crippen LogP contribution in [0.25, 0.3) is 0 Å². The Balaban J connectivity index is 2.08. The van der Waals surface area contributed by atoms with E-state index in [0.717, 1.165) is 6.07 Å². The molecule has 0 bridgehead atoms. The maximum atomic E-state index is 12.7. The molecule has 2 aromatic rings. The van der Waals surface area contributed by atoms with E-state index in [-0.39, 0.29) is 24.0 Å². The van der Waals surface area contributed by atoms with Gasteiger partial charge >= 0.3 is 6.18 Å². The topological polar surface area (TPSA) is 72.7 Å². The van der Waals surface area contributed by atoms with Gasteiger partial charge in [0.15, 0.2) is 0 Å². The number of alkyl halides is 3. The zero-order valence-corrected chi connectivity index (χ0v) is 12.6. The third-order valence-electron chi connectivity index (χ3n) is 3.15. The van der Waals surface area contributed by atoms with E-state index in [0.29, 0.717) is 6.42 Å². The lowest BCUT2D eigenvalue weighted by molar-refractivity contribution is -0.141. The average molecular weight is 327 g/mol. The zero-order chi connectivity index (χ0) is 17.0. The van der Waals surface area contributed by atoms with Gasteiger partial charge in [-0.1, -0.05) is 6.92 Å². The second-order valence-corrected chi connectivity index (χ2v) is 4.94. The number of hydrogen-bond donors (Lipinski definition) is 1. The maximum absolute atomic E-state index is 12.7. The van der Waals surface area contributed by atoms with Gasteiger partial charge in [0.25, 0.3) is 0 Å². The maximum Gasteiger partial charge on any atom is 0.433 e. The molecule has 23 heavy (non-hydrogen) atoms. The minimum atomic E-state index is -4.55. The van der Waals surface area contributed by atoms with Gasteiger partial charge in [-0.25, -0.2) is 9.97 Å². The van der Waals surface area contributed by atoms with E-state index in [1.807, 2.05) is 6.92 Å². The number of carbonyl (C=O) groups excluding carboxylic acids is 1. The molecule has 0 aliphatic heterocycles. The number of aryl methyl sites for hydroxylation is 1. The van der Waals surface area contributed by atoms with Crippen LogP contribution in [0.15, 0.2) is 24.5 Å². The Bertz CT molecular complexity index is 670. The average Bonchev–Trinajstić information content (AvgIpc) is 2.98. The largest absolute Gasteiger partial charge is 0.433 e. The molecule has 0 aliphatic rings. The molecule has 6 nitrogen and oxygen atoms in total. The van der Waals surface area contributed by atoms with Gasteiger partial charge in [-0.15, -0.1) is 0 Å². The van der Waals surface area contributed by atoms with E-state index >= 15 is 0 Å². The highest BCUT2D eigenvalue weighted by molar-refractivity contribution is 5.79. The molecule has 9 heteroatoms. The van der Waals surface area contributed by atoms with Crippen molar-refractivity contribution in [3.63, 3.8) is 0 Å². The van der Waals surface area contributed by atoms with E-state index in [4.69, 9.17) is 0 Å². The van der Waals surface area contributed by atoms with Crippen LogP contribution in [0, 0.1) is 6.92 Å². The molecule has 2 aromatic heterocycles. The highest BCUT2D eigenvalue weighted by Gasteiger charge is 2.33. The first-order chi connectivity index (χ1) is 10.8. The van der Waals surface area contributed by atoms with Gasteiger partial charge < -0.3 is 5.32 Å². The van der Waals surface area contributed by atoms with Crippen molar-refractivity contribution >= 4 is 5.91 Å². The van der Waals surface area contributed by atoms with Gasteiger partial charge in [0.05, 0.1) is 6.54 Å². The highest BCUT2D eigenvalue weighted by Crippen LogP contribution is 2.27. The number of halogens is 3. The Kier molecular flexibility index (Phi) is 4.97. The Hall–Kier alpha value is -2.45. The molecular weight excluding hydrogens is 311 g/mol. The lowest BCUT2D eigenvalue weighted by Crippen LogP contribution is -2.33. The van der Waals surface area contributed by atoms with Crippen LogP contribution in [0.1, 0.15) is 36.6 Å². The number of aromatic nitrogens is 4. The van der Waals surface area contributed by atoms with Crippen molar-refractivity contribution in [2.45, 2.75) is 39.0 Å². The SMILES string of the molecule is CC[C@H](C(=O)NCc1nc(C)cc(C(F)(F)F)n1)n1cccn1. The first-order valence-electron chi connectivity index (χ1n) is 7.00. The normalized spacial score (nSPS) is 12.9. The summed E-state index contributed by atoms with van der Waals surface area (Å²) in [5.74, 6) is -0.434. The molecule has 0 unspecified atom stereocenters. The standard InChI is InChI=1S/C14H16F3N5O/c1-3-10(22-6-4-5-19-22)13(23)18-8-12-20-9(2)7-11(21-12)14(15,16)17/h4-7,10H,3,8H2,1-2H3,(H,18,23)/t10-/m1/s1. The summed E-state index contributed by atoms with van der Waals surface area (Å²) in [4.78, 5) is 19.5. The number of nitrogens with zero attached hydrogens (tertiary/aromatic N) is 4. The highest BCUT2D eigenvalue weighted by atomic mass is 19.4. The van der Waals surface area contributed by atoms with Crippen LogP contribution >= 0.6 is 0 Å². The molecule has 0 spiro atoms. The van der Waals surface area contributed by atoms with E-state index in [1.54, 1.807) is 18.5 Å². The molecule has 0 radical (unpaired) electrons. The Labute approximate surface area is 130 Å². The van der Waals surface area contributed by atoms with Crippen molar-refractivity contribution in [1.29, 1.82) is 0 Å². The molecule has 1 atom stereocenters. The summed E-state index contributed by atoms with van der Waals surface area (Å²) in [5.41, 5.74) is -0.830. The van der Waals surface area contributed by atoms with Gasteiger partial charge in [-0.2, -0.15) is 18.3 Å². The van der Waals surface area contributed by atoms with E-state index in [1.165, 1.54) is 11.6 Å². The molecule has 0 saturated carbocycles. The fraction of sp³-hybridized carbons (Fsp3) is 0.429. The van der Waals surface area contributed by atoms with Crippen molar-refractivity contribution < 1.29 is 18.0 Å². The number of amides is 1. The molecule has 124 valence electrons. The summed E-state index contributed by atoms with van der Waals surface area (Å²) >= 11 is 0. The van der Waals surface area contributed by atoms with Gasteiger partial charge in [-0.05, 0) is 25.5 Å². The van der Waals surface area contributed by atoms with Crippen LogP contribution in [0.5, 0.6) is 0 Å². The summed E-state index contributed by atoms with van der Waals surface area (Å²) in [5, 5.41) is 6.55. The molecular formula is C14H16F3N5O. The summed E-state index contributed by atoms with van der Waals surface area (Å²) in [7, 11) is 0. The monoisotopic (exact) mass is 327 g/mol. The third kappa shape index (κ3) is 4.27. The van der Waals surface area contributed by atoms with Crippen LogP contribution < -0.4 is 5.32 Å². The fourth-order valence-corrected chi connectivity index (χ4v) is 2.10. The Morgan fingerprint density at radius 2 is 2.13 bits per heavy atom. The van der Waals surface area contributed by atoms with Crippen molar-refractivity contribution in [1.82, 2.24) is 25.1 Å². The molecule has 1 N–H and O–H groups in total. The number of carbonyl (C=O) groups is 1. The summed E-state index contributed by atoms with van der Waals surface area (Å²) in [6.45, 7) is 3.08. The van der Waals surface area contributed by atoms with Crippen molar-refractivity contribution in [2.24, 2.45) is 0 Å². The van der Waals surface area contributed by atoms with Gasteiger partial charge in [0.1, 0.15) is 17.6 Å². The first kappa shape index (κ1) is 16.9. The smallest absolute Gasteiger partial charge is 0.347 e. The van der Waals surface area contributed by atoms with Gasteiger partial charge in [0, 0.05) is 18.1 Å². The van der Waals surface area contributed by atoms with Gasteiger partial charge in [-0.3, -0.25) is 9.48 Å². The molecule has 1 amide bonds. The molecule has 0 aliphatic carbocycles. The zero-order valence-electron chi connectivity index (χ0n) is 12.6.